The molecule has 1 amide bonds. The highest BCUT2D eigenvalue weighted by Crippen LogP contribution is 2.37. The molecule has 0 saturated heterocycles. The minimum Gasteiger partial charge on any atom is -0.454 e. The normalized spacial score (nSPS) is 12.1. The van der Waals surface area contributed by atoms with E-state index in [1.165, 1.54) is 25.1 Å². The Hall–Kier alpha value is -3.32. The molecule has 2 aromatic rings. The summed E-state index contributed by atoms with van der Waals surface area (Å²) in [6.45, 7) is 0.909. The Morgan fingerprint density at radius 3 is 2.50 bits per heavy atom. The molecule has 1 aliphatic rings. The van der Waals surface area contributed by atoms with Gasteiger partial charge in [0.2, 0.25) is 6.79 Å². The van der Waals surface area contributed by atoms with Gasteiger partial charge < -0.3 is 19.5 Å². The zero-order valence-corrected chi connectivity index (χ0v) is 15.6. The van der Waals surface area contributed by atoms with Crippen molar-refractivity contribution in [3.63, 3.8) is 0 Å². The largest absolute Gasteiger partial charge is 0.454 e. The van der Waals surface area contributed by atoms with Gasteiger partial charge in [-0.25, -0.2) is 4.79 Å². The Morgan fingerprint density at radius 2 is 1.82 bits per heavy atom. The van der Waals surface area contributed by atoms with Gasteiger partial charge >= 0.3 is 5.97 Å². The van der Waals surface area contributed by atoms with Gasteiger partial charge in [0.05, 0.1) is 5.69 Å². The summed E-state index contributed by atoms with van der Waals surface area (Å²) in [5.74, 6) is -0.668. The number of carbonyl (C=O) groups excluding carboxylic acids is 3. The number of ether oxygens (including phenoxy) is 3. The van der Waals surface area contributed by atoms with E-state index in [9.17, 15) is 14.4 Å². The van der Waals surface area contributed by atoms with Crippen molar-refractivity contribution in [2.75, 3.05) is 18.7 Å². The first-order valence-electron chi connectivity index (χ1n) is 8.27. The quantitative estimate of drug-likeness (QED) is 0.453. The van der Waals surface area contributed by atoms with Crippen molar-refractivity contribution in [1.82, 2.24) is 0 Å². The summed E-state index contributed by atoms with van der Waals surface area (Å²) >= 11 is 5.79. The molecule has 0 atom stereocenters. The lowest BCUT2D eigenvalue weighted by Crippen LogP contribution is -2.21. The number of amides is 1. The van der Waals surface area contributed by atoms with Gasteiger partial charge in [-0.2, -0.15) is 0 Å². The molecule has 1 aliphatic heterocycles. The average molecular weight is 402 g/mol. The zero-order valence-electron chi connectivity index (χ0n) is 14.9. The molecule has 8 heteroatoms. The highest BCUT2D eigenvalue weighted by atomic mass is 35.5. The maximum absolute atomic E-state index is 12.1. The van der Waals surface area contributed by atoms with Gasteiger partial charge in [0.15, 0.2) is 23.9 Å². The molecule has 3 rings (SSSR count). The summed E-state index contributed by atoms with van der Waals surface area (Å²) in [6, 6.07) is 9.86. The van der Waals surface area contributed by atoms with Gasteiger partial charge in [-0.15, -0.1) is 0 Å². The van der Waals surface area contributed by atoms with Crippen molar-refractivity contribution >= 4 is 41.0 Å². The molecule has 1 N–H and O–H groups in total. The van der Waals surface area contributed by atoms with Crippen molar-refractivity contribution < 1.29 is 28.6 Å². The number of ketones is 1. The molecule has 0 bridgehead atoms. The Kier molecular flexibility index (Phi) is 5.96. The van der Waals surface area contributed by atoms with Crippen LogP contribution in [0, 0.1) is 0 Å². The smallest absolute Gasteiger partial charge is 0.331 e. The topological polar surface area (TPSA) is 90.9 Å². The van der Waals surface area contributed by atoms with E-state index in [-0.39, 0.29) is 23.8 Å². The second-order valence-corrected chi connectivity index (χ2v) is 6.28. The number of benzene rings is 2. The predicted molar refractivity (Wildman–Crippen MR) is 103 cm³/mol. The fraction of sp³-hybridized carbons (Fsp3) is 0.150. The average Bonchev–Trinajstić information content (AvgIpc) is 3.12. The molecule has 0 radical (unpaired) electrons. The van der Waals surface area contributed by atoms with Crippen LogP contribution in [-0.4, -0.2) is 31.1 Å². The van der Waals surface area contributed by atoms with Crippen molar-refractivity contribution in [1.29, 1.82) is 0 Å². The van der Waals surface area contributed by atoms with Gasteiger partial charge in [0.25, 0.3) is 5.91 Å². The van der Waals surface area contributed by atoms with Crippen LogP contribution in [0.3, 0.4) is 0 Å². The second kappa shape index (κ2) is 8.58. The summed E-state index contributed by atoms with van der Waals surface area (Å²) in [7, 11) is 0. The minimum absolute atomic E-state index is 0.0433. The maximum atomic E-state index is 12.1. The van der Waals surface area contributed by atoms with E-state index in [1.54, 1.807) is 30.3 Å². The highest BCUT2D eigenvalue weighted by molar-refractivity contribution is 6.30. The number of hydrogen-bond acceptors (Lipinski definition) is 6. The molecule has 1 heterocycles. The number of hydrogen-bond donors (Lipinski definition) is 1. The fourth-order valence-electron chi connectivity index (χ4n) is 2.45. The van der Waals surface area contributed by atoms with Crippen LogP contribution in [0.5, 0.6) is 11.5 Å². The van der Waals surface area contributed by atoms with Gasteiger partial charge in [0, 0.05) is 22.7 Å². The van der Waals surface area contributed by atoms with Crippen LogP contribution in [0.1, 0.15) is 22.8 Å². The van der Waals surface area contributed by atoms with E-state index in [4.69, 9.17) is 25.8 Å². The lowest BCUT2D eigenvalue weighted by Gasteiger charge is -2.10. The van der Waals surface area contributed by atoms with Gasteiger partial charge in [-0.3, -0.25) is 9.59 Å². The number of anilines is 1. The SMILES string of the molecule is CC(=O)c1cc2c(cc1NC(=O)COC(=O)/C=C/c1ccc(Cl)cc1)OCO2. The van der Waals surface area contributed by atoms with E-state index in [0.29, 0.717) is 16.5 Å². The monoisotopic (exact) mass is 401 g/mol. The number of halogens is 1. The van der Waals surface area contributed by atoms with Crippen molar-refractivity contribution in [3.05, 3.63) is 58.6 Å². The number of nitrogens with one attached hydrogen (secondary N) is 1. The second-order valence-electron chi connectivity index (χ2n) is 5.85. The van der Waals surface area contributed by atoms with E-state index >= 15 is 0 Å². The van der Waals surface area contributed by atoms with Crippen LogP contribution in [0.25, 0.3) is 6.08 Å². The summed E-state index contributed by atoms with van der Waals surface area (Å²) < 4.78 is 15.4. The predicted octanol–water partition coefficient (Wildman–Crippen LogP) is 3.47. The van der Waals surface area contributed by atoms with E-state index in [0.717, 1.165) is 5.56 Å². The molecule has 144 valence electrons. The first-order chi connectivity index (χ1) is 13.4. The summed E-state index contributed by atoms with van der Waals surface area (Å²) in [5.41, 5.74) is 1.29. The number of Topliss-reactive ketones (excluding diaryl/α,β-unsaturated/α-hetero) is 1. The number of esters is 1. The number of carbonyl (C=O) groups is 3. The molecular weight excluding hydrogens is 386 g/mol. The summed E-state index contributed by atoms with van der Waals surface area (Å²) in [4.78, 5) is 35.7. The van der Waals surface area contributed by atoms with Gasteiger partial charge in [0.1, 0.15) is 0 Å². The Morgan fingerprint density at radius 1 is 1.14 bits per heavy atom. The van der Waals surface area contributed by atoms with Gasteiger partial charge in [-0.1, -0.05) is 23.7 Å². The van der Waals surface area contributed by atoms with Crippen LogP contribution in [-0.2, 0) is 14.3 Å². The zero-order chi connectivity index (χ0) is 20.1. The van der Waals surface area contributed by atoms with E-state index in [2.05, 4.69) is 5.32 Å². The first-order valence-corrected chi connectivity index (χ1v) is 8.65. The molecular formula is C20H16ClNO6. The summed E-state index contributed by atoms with van der Waals surface area (Å²) in [6.07, 6.45) is 2.75. The van der Waals surface area contributed by atoms with Gasteiger partial charge in [-0.05, 0) is 36.8 Å². The molecule has 0 saturated carbocycles. The first kappa shape index (κ1) is 19.4. The van der Waals surface area contributed by atoms with Crippen molar-refractivity contribution in [3.8, 4) is 11.5 Å². The third-order valence-electron chi connectivity index (χ3n) is 3.79. The molecule has 0 fully saturated rings. The molecule has 7 nitrogen and oxygen atoms in total. The van der Waals surface area contributed by atoms with Crippen molar-refractivity contribution in [2.24, 2.45) is 0 Å². The van der Waals surface area contributed by atoms with Crippen LogP contribution in [0.4, 0.5) is 5.69 Å². The lowest BCUT2D eigenvalue weighted by atomic mass is 10.1. The number of fused-ring (bicyclic) bond motifs is 1. The fourth-order valence-corrected chi connectivity index (χ4v) is 2.57. The summed E-state index contributed by atoms with van der Waals surface area (Å²) in [5, 5.41) is 3.13. The lowest BCUT2D eigenvalue weighted by molar-refractivity contribution is -0.142. The Balaban J connectivity index is 1.58. The van der Waals surface area contributed by atoms with E-state index in [1.807, 2.05) is 0 Å². The third-order valence-corrected chi connectivity index (χ3v) is 4.05. The molecule has 28 heavy (non-hydrogen) atoms. The van der Waals surface area contributed by atoms with Crippen LogP contribution >= 0.6 is 11.6 Å². The van der Waals surface area contributed by atoms with Crippen LogP contribution in [0.2, 0.25) is 5.02 Å². The van der Waals surface area contributed by atoms with Crippen LogP contribution in [0.15, 0.2) is 42.5 Å². The highest BCUT2D eigenvalue weighted by Gasteiger charge is 2.20. The Labute approximate surface area is 165 Å². The molecule has 0 unspecified atom stereocenters. The maximum Gasteiger partial charge on any atom is 0.331 e. The third kappa shape index (κ3) is 4.89. The molecule has 0 spiro atoms. The van der Waals surface area contributed by atoms with Crippen molar-refractivity contribution in [2.45, 2.75) is 6.92 Å². The molecule has 2 aromatic carbocycles. The molecule has 0 aromatic heterocycles. The number of rotatable bonds is 6. The Bertz CT molecular complexity index is 952. The molecule has 0 aliphatic carbocycles. The van der Waals surface area contributed by atoms with E-state index < -0.39 is 18.5 Å². The minimum atomic E-state index is -0.678. The standard InChI is InChI=1S/C20H16ClNO6/c1-12(23)15-8-17-18(28-11-27-17)9-16(15)22-19(24)10-26-20(25)7-4-13-2-5-14(21)6-3-13/h2-9H,10-11H2,1H3,(H,22,24)/b7-4+. The van der Waals surface area contributed by atoms with Crippen LogP contribution < -0.4 is 14.8 Å².